The van der Waals surface area contributed by atoms with Crippen LogP contribution in [0.15, 0.2) is 42.6 Å². The van der Waals surface area contributed by atoms with Gasteiger partial charge in [-0.2, -0.15) is 0 Å². The summed E-state index contributed by atoms with van der Waals surface area (Å²) in [7, 11) is 0. The molecule has 0 saturated heterocycles. The Hall–Kier alpha value is -2.76. The summed E-state index contributed by atoms with van der Waals surface area (Å²) in [6.45, 7) is 1.99. The fourth-order valence-corrected chi connectivity index (χ4v) is 2.03. The molecule has 0 radical (unpaired) electrons. The molecular formula is C15H15N3O3. The van der Waals surface area contributed by atoms with Gasteiger partial charge >= 0.3 is 0 Å². The van der Waals surface area contributed by atoms with Crippen molar-refractivity contribution in [2.45, 2.75) is 13.3 Å². The number of carbonyl (C=O) groups is 1. The van der Waals surface area contributed by atoms with Gasteiger partial charge in [-0.25, -0.2) is 0 Å². The highest BCUT2D eigenvalue weighted by atomic mass is 16.6. The van der Waals surface area contributed by atoms with E-state index in [0.29, 0.717) is 18.5 Å². The highest BCUT2D eigenvalue weighted by Crippen LogP contribution is 2.22. The van der Waals surface area contributed by atoms with Crippen LogP contribution in [0.4, 0.5) is 5.69 Å². The second-order valence-electron chi connectivity index (χ2n) is 4.56. The quantitative estimate of drug-likeness (QED) is 0.674. The van der Waals surface area contributed by atoms with Crippen LogP contribution in [0.2, 0.25) is 0 Å². The Morgan fingerprint density at radius 2 is 2.10 bits per heavy atom. The number of amides is 1. The van der Waals surface area contributed by atoms with Gasteiger partial charge in [-0.3, -0.25) is 19.9 Å². The first kappa shape index (κ1) is 14.6. The SMILES string of the molecule is Cc1cccc(C(=O)NCCc2ccccn2)c1[N+](=O)[O-]. The van der Waals surface area contributed by atoms with Gasteiger partial charge in [0.2, 0.25) is 0 Å². The minimum atomic E-state index is -0.525. The molecule has 1 amide bonds. The van der Waals surface area contributed by atoms with Crippen LogP contribution < -0.4 is 5.32 Å². The standard InChI is InChI=1S/C15H15N3O3/c1-11-5-4-7-13(14(11)18(20)21)15(19)17-10-8-12-6-2-3-9-16-12/h2-7,9H,8,10H2,1H3,(H,17,19). The van der Waals surface area contributed by atoms with E-state index in [1.54, 1.807) is 25.3 Å². The van der Waals surface area contributed by atoms with Crippen molar-refractivity contribution in [2.24, 2.45) is 0 Å². The van der Waals surface area contributed by atoms with Crippen LogP contribution >= 0.6 is 0 Å². The second kappa shape index (κ2) is 6.60. The summed E-state index contributed by atoms with van der Waals surface area (Å²) >= 11 is 0. The van der Waals surface area contributed by atoms with Crippen LogP contribution in [-0.2, 0) is 6.42 Å². The number of aryl methyl sites for hydroxylation is 1. The maximum Gasteiger partial charge on any atom is 0.285 e. The van der Waals surface area contributed by atoms with Gasteiger partial charge < -0.3 is 5.32 Å². The molecule has 6 nitrogen and oxygen atoms in total. The van der Waals surface area contributed by atoms with Crippen LogP contribution in [0.3, 0.4) is 0 Å². The van der Waals surface area contributed by atoms with Gasteiger partial charge in [-0.1, -0.05) is 18.2 Å². The number of nitrogens with zero attached hydrogens (tertiary/aromatic N) is 2. The predicted octanol–water partition coefficient (Wildman–Crippen LogP) is 2.27. The zero-order chi connectivity index (χ0) is 15.2. The van der Waals surface area contributed by atoms with E-state index in [9.17, 15) is 14.9 Å². The summed E-state index contributed by atoms with van der Waals surface area (Å²) in [6.07, 6.45) is 2.26. The van der Waals surface area contributed by atoms with Crippen molar-refractivity contribution < 1.29 is 9.72 Å². The van der Waals surface area contributed by atoms with Crippen LogP contribution in [0.1, 0.15) is 21.6 Å². The normalized spacial score (nSPS) is 10.1. The summed E-state index contributed by atoms with van der Waals surface area (Å²) in [5.74, 6) is -0.443. The molecule has 0 saturated carbocycles. The third-order valence-electron chi connectivity index (χ3n) is 3.06. The van der Waals surface area contributed by atoms with Gasteiger partial charge in [-0.15, -0.1) is 0 Å². The number of aromatic nitrogens is 1. The Bertz CT molecular complexity index is 656. The number of pyridine rings is 1. The number of nitro groups is 1. The van der Waals surface area contributed by atoms with E-state index >= 15 is 0 Å². The Labute approximate surface area is 122 Å². The van der Waals surface area contributed by atoms with Crippen molar-refractivity contribution in [2.75, 3.05) is 6.54 Å². The molecule has 0 aliphatic carbocycles. The maximum atomic E-state index is 12.1. The molecule has 2 aromatic rings. The molecule has 21 heavy (non-hydrogen) atoms. The third kappa shape index (κ3) is 3.62. The molecule has 0 fully saturated rings. The number of rotatable bonds is 5. The first-order valence-corrected chi connectivity index (χ1v) is 6.51. The molecular weight excluding hydrogens is 270 g/mol. The monoisotopic (exact) mass is 285 g/mol. The Kier molecular flexibility index (Phi) is 4.61. The van der Waals surface area contributed by atoms with Gasteiger partial charge in [0.25, 0.3) is 11.6 Å². The van der Waals surface area contributed by atoms with Crippen LogP contribution in [-0.4, -0.2) is 22.4 Å². The van der Waals surface area contributed by atoms with Crippen LogP contribution in [0.5, 0.6) is 0 Å². The lowest BCUT2D eigenvalue weighted by molar-refractivity contribution is -0.385. The van der Waals surface area contributed by atoms with Crippen molar-refractivity contribution in [3.63, 3.8) is 0 Å². The van der Waals surface area contributed by atoms with Gasteiger partial charge in [0.1, 0.15) is 5.56 Å². The van der Waals surface area contributed by atoms with E-state index in [1.807, 2.05) is 18.2 Å². The molecule has 1 aromatic carbocycles. The van der Waals surface area contributed by atoms with E-state index in [0.717, 1.165) is 5.69 Å². The van der Waals surface area contributed by atoms with E-state index in [2.05, 4.69) is 10.3 Å². The average Bonchev–Trinajstić information content (AvgIpc) is 2.47. The molecule has 0 aliphatic heterocycles. The Morgan fingerprint density at radius 1 is 1.29 bits per heavy atom. The predicted molar refractivity (Wildman–Crippen MR) is 78.1 cm³/mol. The summed E-state index contributed by atoms with van der Waals surface area (Å²) in [6, 6.07) is 10.3. The smallest absolute Gasteiger partial charge is 0.285 e. The van der Waals surface area contributed by atoms with Crippen LogP contribution in [0.25, 0.3) is 0 Å². The van der Waals surface area contributed by atoms with Crippen molar-refractivity contribution >= 4 is 11.6 Å². The van der Waals surface area contributed by atoms with Crippen LogP contribution in [0, 0.1) is 17.0 Å². The molecule has 108 valence electrons. The topological polar surface area (TPSA) is 85.1 Å². The lowest BCUT2D eigenvalue weighted by Gasteiger charge is -2.07. The molecule has 2 rings (SSSR count). The zero-order valence-corrected chi connectivity index (χ0v) is 11.6. The summed E-state index contributed by atoms with van der Waals surface area (Å²) < 4.78 is 0. The Morgan fingerprint density at radius 3 is 2.76 bits per heavy atom. The minimum absolute atomic E-state index is 0.0843. The van der Waals surface area contributed by atoms with Crippen molar-refractivity contribution in [1.29, 1.82) is 0 Å². The highest BCUT2D eigenvalue weighted by molar-refractivity contribution is 5.98. The fraction of sp³-hybridized carbons (Fsp3) is 0.200. The molecule has 1 N–H and O–H groups in total. The van der Waals surface area contributed by atoms with Gasteiger partial charge in [-0.05, 0) is 25.1 Å². The molecule has 6 heteroatoms. The molecule has 0 bridgehead atoms. The lowest BCUT2D eigenvalue weighted by atomic mass is 10.1. The molecule has 0 spiro atoms. The van der Waals surface area contributed by atoms with Gasteiger partial charge in [0.05, 0.1) is 4.92 Å². The molecule has 1 aromatic heterocycles. The first-order chi connectivity index (χ1) is 10.1. The number of para-hydroxylation sites is 1. The van der Waals surface area contributed by atoms with Gasteiger partial charge in [0.15, 0.2) is 0 Å². The van der Waals surface area contributed by atoms with Gasteiger partial charge in [0, 0.05) is 30.4 Å². The van der Waals surface area contributed by atoms with E-state index in [4.69, 9.17) is 0 Å². The molecule has 0 aliphatic rings. The lowest BCUT2D eigenvalue weighted by Crippen LogP contribution is -2.26. The zero-order valence-electron chi connectivity index (χ0n) is 11.6. The number of carbonyl (C=O) groups excluding carboxylic acids is 1. The largest absolute Gasteiger partial charge is 0.351 e. The van der Waals surface area contributed by atoms with E-state index in [1.165, 1.54) is 6.07 Å². The molecule has 0 atom stereocenters. The maximum absolute atomic E-state index is 12.1. The third-order valence-corrected chi connectivity index (χ3v) is 3.06. The molecule has 0 unspecified atom stereocenters. The van der Waals surface area contributed by atoms with Crippen molar-refractivity contribution in [1.82, 2.24) is 10.3 Å². The minimum Gasteiger partial charge on any atom is -0.351 e. The fourth-order valence-electron chi connectivity index (χ4n) is 2.03. The van der Waals surface area contributed by atoms with E-state index in [-0.39, 0.29) is 11.3 Å². The average molecular weight is 285 g/mol. The van der Waals surface area contributed by atoms with Crippen molar-refractivity contribution in [3.8, 4) is 0 Å². The number of hydrogen-bond donors (Lipinski definition) is 1. The number of nitro benzene ring substituents is 1. The number of nitrogens with one attached hydrogen (secondary N) is 1. The van der Waals surface area contributed by atoms with Crippen molar-refractivity contribution in [3.05, 3.63) is 69.5 Å². The summed E-state index contributed by atoms with van der Waals surface area (Å²) in [4.78, 5) is 26.8. The molecule has 1 heterocycles. The number of benzene rings is 1. The summed E-state index contributed by atoms with van der Waals surface area (Å²) in [5, 5.41) is 13.7. The number of hydrogen-bond acceptors (Lipinski definition) is 4. The highest BCUT2D eigenvalue weighted by Gasteiger charge is 2.21. The second-order valence-corrected chi connectivity index (χ2v) is 4.56. The first-order valence-electron chi connectivity index (χ1n) is 6.51. The van der Waals surface area contributed by atoms with E-state index < -0.39 is 10.8 Å². The Balaban J connectivity index is 2.04. The summed E-state index contributed by atoms with van der Waals surface area (Å²) in [5.41, 5.74) is 1.27.